The SMILES string of the molecule is CC(C)c1nccn1C(C)C(=O)N(C)Cc1noc(C2CCCC2)n1. The molecule has 0 spiro atoms. The van der Waals surface area contributed by atoms with Crippen molar-refractivity contribution in [1.82, 2.24) is 24.6 Å². The zero-order valence-corrected chi connectivity index (χ0v) is 15.5. The van der Waals surface area contributed by atoms with E-state index in [2.05, 4.69) is 29.0 Å². The van der Waals surface area contributed by atoms with Gasteiger partial charge in [-0.05, 0) is 19.8 Å². The molecular formula is C18H27N5O2. The maximum Gasteiger partial charge on any atom is 0.245 e. The lowest BCUT2D eigenvalue weighted by Gasteiger charge is -2.23. The molecule has 0 N–H and O–H groups in total. The third-order valence-corrected chi connectivity index (χ3v) is 4.93. The molecule has 7 heteroatoms. The molecule has 7 nitrogen and oxygen atoms in total. The average molecular weight is 345 g/mol. The lowest BCUT2D eigenvalue weighted by Crippen LogP contribution is -2.33. The topological polar surface area (TPSA) is 77.0 Å². The fourth-order valence-electron chi connectivity index (χ4n) is 3.50. The Bertz CT molecular complexity index is 715. The van der Waals surface area contributed by atoms with Crippen molar-refractivity contribution in [3.63, 3.8) is 0 Å². The quantitative estimate of drug-likeness (QED) is 0.803. The lowest BCUT2D eigenvalue weighted by molar-refractivity contribution is -0.133. The van der Waals surface area contributed by atoms with E-state index in [9.17, 15) is 4.79 Å². The number of carbonyl (C=O) groups is 1. The van der Waals surface area contributed by atoms with E-state index < -0.39 is 0 Å². The van der Waals surface area contributed by atoms with Crippen molar-refractivity contribution in [2.45, 2.75) is 70.9 Å². The van der Waals surface area contributed by atoms with Crippen LogP contribution in [0.25, 0.3) is 0 Å². The largest absolute Gasteiger partial charge is 0.339 e. The van der Waals surface area contributed by atoms with Gasteiger partial charge < -0.3 is 14.0 Å². The van der Waals surface area contributed by atoms with Gasteiger partial charge in [0.25, 0.3) is 0 Å². The summed E-state index contributed by atoms with van der Waals surface area (Å²) in [5, 5.41) is 4.05. The zero-order valence-electron chi connectivity index (χ0n) is 15.5. The van der Waals surface area contributed by atoms with Crippen molar-refractivity contribution in [3.8, 4) is 0 Å². The van der Waals surface area contributed by atoms with Crippen LogP contribution in [-0.4, -0.2) is 37.5 Å². The fraction of sp³-hybridized carbons (Fsp3) is 0.667. The van der Waals surface area contributed by atoms with Crippen LogP contribution in [0.1, 0.15) is 81.9 Å². The minimum absolute atomic E-state index is 0.00659. The zero-order chi connectivity index (χ0) is 18.0. The molecule has 0 saturated heterocycles. The lowest BCUT2D eigenvalue weighted by atomic mass is 10.1. The number of aromatic nitrogens is 4. The van der Waals surface area contributed by atoms with Crippen molar-refractivity contribution in [2.75, 3.05) is 7.05 Å². The van der Waals surface area contributed by atoms with Gasteiger partial charge in [0, 0.05) is 31.3 Å². The molecule has 1 unspecified atom stereocenters. The molecular weight excluding hydrogens is 318 g/mol. The number of amides is 1. The van der Waals surface area contributed by atoms with Gasteiger partial charge in [0.05, 0.1) is 6.54 Å². The first-order valence-electron chi connectivity index (χ1n) is 9.07. The first kappa shape index (κ1) is 17.6. The summed E-state index contributed by atoms with van der Waals surface area (Å²) in [6.07, 6.45) is 8.28. The van der Waals surface area contributed by atoms with Gasteiger partial charge in [0.1, 0.15) is 11.9 Å². The Morgan fingerprint density at radius 2 is 2.08 bits per heavy atom. The predicted octanol–water partition coefficient (Wildman–Crippen LogP) is 3.27. The van der Waals surface area contributed by atoms with Crippen molar-refractivity contribution in [3.05, 3.63) is 29.9 Å². The molecule has 3 rings (SSSR count). The Morgan fingerprint density at radius 1 is 1.36 bits per heavy atom. The van der Waals surface area contributed by atoms with E-state index in [0.717, 1.165) is 24.6 Å². The van der Waals surface area contributed by atoms with Crippen LogP contribution in [0, 0.1) is 0 Å². The molecule has 136 valence electrons. The standard InChI is InChI=1S/C18H27N5O2/c1-12(2)16-19-9-10-23(16)13(3)18(24)22(4)11-15-20-17(25-21-15)14-7-5-6-8-14/h9-10,12-14H,5-8,11H2,1-4H3. The fourth-order valence-corrected chi connectivity index (χ4v) is 3.50. The van der Waals surface area contributed by atoms with Crippen LogP contribution in [-0.2, 0) is 11.3 Å². The molecule has 1 fully saturated rings. The van der Waals surface area contributed by atoms with Gasteiger partial charge in [-0.2, -0.15) is 4.98 Å². The minimum Gasteiger partial charge on any atom is -0.339 e. The van der Waals surface area contributed by atoms with Crippen molar-refractivity contribution >= 4 is 5.91 Å². The monoisotopic (exact) mass is 345 g/mol. The van der Waals surface area contributed by atoms with Crippen LogP contribution in [0.3, 0.4) is 0 Å². The molecule has 2 aromatic rings. The molecule has 25 heavy (non-hydrogen) atoms. The number of hydrogen-bond acceptors (Lipinski definition) is 5. The smallest absolute Gasteiger partial charge is 0.245 e. The number of carbonyl (C=O) groups excluding carboxylic acids is 1. The normalized spacial score (nSPS) is 16.5. The number of hydrogen-bond donors (Lipinski definition) is 0. The summed E-state index contributed by atoms with van der Waals surface area (Å²) in [5.41, 5.74) is 0. The molecule has 0 aromatic carbocycles. The molecule has 2 aromatic heterocycles. The van der Waals surface area contributed by atoms with Gasteiger partial charge in [-0.3, -0.25) is 4.79 Å². The van der Waals surface area contributed by atoms with E-state index in [-0.39, 0.29) is 17.9 Å². The summed E-state index contributed by atoms with van der Waals surface area (Å²) in [5.74, 6) is 2.87. The summed E-state index contributed by atoms with van der Waals surface area (Å²) in [6.45, 7) is 6.39. The van der Waals surface area contributed by atoms with Crippen LogP contribution >= 0.6 is 0 Å². The third kappa shape index (κ3) is 3.75. The summed E-state index contributed by atoms with van der Waals surface area (Å²) >= 11 is 0. The maximum atomic E-state index is 12.8. The highest BCUT2D eigenvalue weighted by Gasteiger charge is 2.26. The van der Waals surface area contributed by atoms with E-state index in [1.807, 2.05) is 17.7 Å². The van der Waals surface area contributed by atoms with Gasteiger partial charge >= 0.3 is 0 Å². The Morgan fingerprint density at radius 3 is 2.76 bits per heavy atom. The van der Waals surface area contributed by atoms with Crippen LogP contribution in [0.5, 0.6) is 0 Å². The summed E-state index contributed by atoms with van der Waals surface area (Å²) in [4.78, 5) is 23.3. The van der Waals surface area contributed by atoms with E-state index in [1.54, 1.807) is 18.1 Å². The van der Waals surface area contributed by atoms with E-state index in [0.29, 0.717) is 18.3 Å². The van der Waals surface area contributed by atoms with Crippen LogP contribution in [0.2, 0.25) is 0 Å². The van der Waals surface area contributed by atoms with Crippen LogP contribution in [0.4, 0.5) is 0 Å². The van der Waals surface area contributed by atoms with E-state index in [1.165, 1.54) is 12.8 Å². The Labute approximate surface area is 148 Å². The highest BCUT2D eigenvalue weighted by molar-refractivity contribution is 5.79. The molecule has 1 amide bonds. The Kier molecular flexibility index (Phi) is 5.20. The van der Waals surface area contributed by atoms with Gasteiger partial charge in [-0.25, -0.2) is 4.98 Å². The third-order valence-electron chi connectivity index (χ3n) is 4.93. The minimum atomic E-state index is -0.314. The van der Waals surface area contributed by atoms with Gasteiger partial charge in [0.15, 0.2) is 5.82 Å². The molecule has 2 heterocycles. The van der Waals surface area contributed by atoms with Crippen LogP contribution in [0.15, 0.2) is 16.9 Å². The van der Waals surface area contributed by atoms with Gasteiger partial charge in [0.2, 0.25) is 11.8 Å². The molecule has 0 radical (unpaired) electrons. The molecule has 0 aliphatic heterocycles. The molecule has 1 aliphatic carbocycles. The summed E-state index contributed by atoms with van der Waals surface area (Å²) in [7, 11) is 1.77. The van der Waals surface area contributed by atoms with Crippen molar-refractivity contribution in [1.29, 1.82) is 0 Å². The highest BCUT2D eigenvalue weighted by atomic mass is 16.5. The molecule has 1 saturated carbocycles. The summed E-state index contributed by atoms with van der Waals surface area (Å²) < 4.78 is 7.33. The van der Waals surface area contributed by atoms with E-state index in [4.69, 9.17) is 4.52 Å². The number of imidazole rings is 1. The van der Waals surface area contributed by atoms with Gasteiger partial charge in [-0.15, -0.1) is 0 Å². The Hall–Kier alpha value is -2.18. The Balaban J connectivity index is 1.65. The van der Waals surface area contributed by atoms with Gasteiger partial charge in [-0.1, -0.05) is 31.8 Å². The second-order valence-electron chi connectivity index (χ2n) is 7.25. The van der Waals surface area contributed by atoms with Crippen molar-refractivity contribution < 1.29 is 9.32 Å². The molecule has 1 atom stereocenters. The first-order valence-corrected chi connectivity index (χ1v) is 9.07. The maximum absolute atomic E-state index is 12.8. The summed E-state index contributed by atoms with van der Waals surface area (Å²) in [6, 6.07) is -0.314. The highest BCUT2D eigenvalue weighted by Crippen LogP contribution is 2.33. The first-order chi connectivity index (χ1) is 12.0. The van der Waals surface area contributed by atoms with E-state index >= 15 is 0 Å². The molecule has 1 aliphatic rings. The van der Waals surface area contributed by atoms with Crippen LogP contribution < -0.4 is 0 Å². The predicted molar refractivity (Wildman–Crippen MR) is 93.0 cm³/mol. The number of rotatable bonds is 6. The number of nitrogens with zero attached hydrogens (tertiary/aromatic N) is 5. The average Bonchev–Trinajstić information content (AvgIpc) is 3.32. The number of likely N-dealkylation sites (N-methyl/N-ethyl adjacent to an activating group) is 1. The second-order valence-corrected chi connectivity index (χ2v) is 7.25. The molecule has 0 bridgehead atoms. The van der Waals surface area contributed by atoms with Crippen molar-refractivity contribution in [2.24, 2.45) is 0 Å². The second kappa shape index (κ2) is 7.37.